The van der Waals surface area contributed by atoms with Crippen LogP contribution >= 0.6 is 0 Å². The van der Waals surface area contributed by atoms with Crippen molar-refractivity contribution in [2.45, 2.75) is 38.2 Å². The summed E-state index contributed by atoms with van der Waals surface area (Å²) < 4.78 is 0. The molecule has 0 bridgehead atoms. The van der Waals surface area contributed by atoms with Gasteiger partial charge in [-0.05, 0) is 31.2 Å². The van der Waals surface area contributed by atoms with E-state index in [1.807, 2.05) is 12.1 Å². The Balaban J connectivity index is 2.27. The lowest BCUT2D eigenvalue weighted by Gasteiger charge is -2.24. The van der Waals surface area contributed by atoms with E-state index in [1.54, 1.807) is 6.20 Å². The Morgan fingerprint density at radius 2 is 2.47 bits per heavy atom. The standard InChI is InChI=1S/C12H18N2O/c1-2-9-5-6-12(15,8-9)10-4-3-7-14-11(10)13/h3-4,7,9,15H,2,5-6,8H2,1H3,(H2,13,14). The molecule has 2 atom stereocenters. The van der Waals surface area contributed by atoms with Crippen molar-refractivity contribution in [3.8, 4) is 0 Å². The second-order valence-corrected chi connectivity index (χ2v) is 4.48. The Morgan fingerprint density at radius 1 is 1.67 bits per heavy atom. The van der Waals surface area contributed by atoms with E-state index in [2.05, 4.69) is 11.9 Å². The molecule has 0 saturated heterocycles. The molecule has 1 saturated carbocycles. The van der Waals surface area contributed by atoms with E-state index in [0.717, 1.165) is 31.2 Å². The SMILES string of the molecule is CCC1CCC(O)(c2cccnc2N)C1. The van der Waals surface area contributed by atoms with Gasteiger partial charge < -0.3 is 10.8 Å². The van der Waals surface area contributed by atoms with Gasteiger partial charge in [-0.25, -0.2) is 4.98 Å². The lowest BCUT2D eigenvalue weighted by atomic mass is 9.91. The van der Waals surface area contributed by atoms with Gasteiger partial charge in [-0.15, -0.1) is 0 Å². The second-order valence-electron chi connectivity index (χ2n) is 4.48. The Bertz CT molecular complexity index is 353. The summed E-state index contributed by atoms with van der Waals surface area (Å²) in [5.41, 5.74) is 5.87. The zero-order chi connectivity index (χ0) is 10.9. The van der Waals surface area contributed by atoms with Crippen LogP contribution in [0, 0.1) is 5.92 Å². The van der Waals surface area contributed by atoms with Crippen molar-refractivity contribution in [1.29, 1.82) is 0 Å². The van der Waals surface area contributed by atoms with Crippen molar-refractivity contribution in [2.24, 2.45) is 5.92 Å². The minimum Gasteiger partial charge on any atom is -0.385 e. The molecule has 1 aliphatic carbocycles. The van der Waals surface area contributed by atoms with Gasteiger partial charge in [-0.3, -0.25) is 0 Å². The molecule has 1 aromatic heterocycles. The normalized spacial score (nSPS) is 30.7. The molecule has 15 heavy (non-hydrogen) atoms. The first kappa shape index (κ1) is 10.4. The molecule has 1 aliphatic rings. The number of hydrogen-bond acceptors (Lipinski definition) is 3. The Labute approximate surface area is 90.3 Å². The summed E-state index contributed by atoms with van der Waals surface area (Å²) in [6, 6.07) is 3.73. The zero-order valence-corrected chi connectivity index (χ0v) is 9.11. The molecular formula is C12H18N2O. The number of nitrogen functional groups attached to an aromatic ring is 1. The van der Waals surface area contributed by atoms with Crippen LogP contribution in [0.5, 0.6) is 0 Å². The summed E-state index contributed by atoms with van der Waals surface area (Å²) >= 11 is 0. The number of anilines is 1. The van der Waals surface area contributed by atoms with Crippen molar-refractivity contribution in [1.82, 2.24) is 4.98 Å². The molecule has 3 nitrogen and oxygen atoms in total. The molecule has 2 unspecified atom stereocenters. The van der Waals surface area contributed by atoms with Crippen molar-refractivity contribution in [2.75, 3.05) is 5.73 Å². The fourth-order valence-corrected chi connectivity index (χ4v) is 2.53. The summed E-state index contributed by atoms with van der Waals surface area (Å²) in [5.74, 6) is 1.09. The van der Waals surface area contributed by atoms with Gasteiger partial charge in [0.15, 0.2) is 0 Å². The highest BCUT2D eigenvalue weighted by Crippen LogP contribution is 2.44. The van der Waals surface area contributed by atoms with Gasteiger partial charge >= 0.3 is 0 Å². The Morgan fingerprint density at radius 3 is 3.07 bits per heavy atom. The lowest BCUT2D eigenvalue weighted by molar-refractivity contribution is 0.0403. The number of pyridine rings is 1. The molecule has 0 aliphatic heterocycles. The third-order valence-corrected chi connectivity index (χ3v) is 3.51. The highest BCUT2D eigenvalue weighted by atomic mass is 16.3. The first-order chi connectivity index (χ1) is 7.15. The van der Waals surface area contributed by atoms with Crippen molar-refractivity contribution in [3.05, 3.63) is 23.9 Å². The first-order valence-electron chi connectivity index (χ1n) is 5.59. The van der Waals surface area contributed by atoms with Gasteiger partial charge in [0.25, 0.3) is 0 Å². The molecule has 3 heteroatoms. The zero-order valence-electron chi connectivity index (χ0n) is 9.11. The van der Waals surface area contributed by atoms with E-state index >= 15 is 0 Å². The molecule has 0 amide bonds. The van der Waals surface area contributed by atoms with Crippen LogP contribution in [0.15, 0.2) is 18.3 Å². The van der Waals surface area contributed by atoms with Crippen molar-refractivity contribution in [3.63, 3.8) is 0 Å². The lowest BCUT2D eigenvalue weighted by Crippen LogP contribution is -2.23. The maximum absolute atomic E-state index is 10.5. The minimum atomic E-state index is -0.737. The molecule has 2 rings (SSSR count). The first-order valence-corrected chi connectivity index (χ1v) is 5.59. The molecule has 82 valence electrons. The van der Waals surface area contributed by atoms with E-state index in [1.165, 1.54) is 0 Å². The largest absolute Gasteiger partial charge is 0.385 e. The van der Waals surface area contributed by atoms with E-state index in [0.29, 0.717) is 11.7 Å². The van der Waals surface area contributed by atoms with E-state index in [9.17, 15) is 5.11 Å². The number of rotatable bonds is 2. The predicted octanol–water partition coefficient (Wildman–Crippen LogP) is 2.06. The third kappa shape index (κ3) is 1.84. The molecule has 3 N–H and O–H groups in total. The average molecular weight is 206 g/mol. The highest BCUT2D eigenvalue weighted by Gasteiger charge is 2.39. The maximum Gasteiger partial charge on any atom is 0.129 e. The van der Waals surface area contributed by atoms with Crippen LogP contribution in [-0.4, -0.2) is 10.1 Å². The van der Waals surface area contributed by atoms with Gasteiger partial charge in [0, 0.05) is 11.8 Å². The summed E-state index contributed by atoms with van der Waals surface area (Å²) in [6.07, 6.45) is 5.50. The van der Waals surface area contributed by atoms with Crippen LogP contribution in [0.1, 0.15) is 38.2 Å². The van der Waals surface area contributed by atoms with Crippen LogP contribution in [0.25, 0.3) is 0 Å². The fraction of sp³-hybridized carbons (Fsp3) is 0.583. The molecule has 0 spiro atoms. The van der Waals surface area contributed by atoms with Gasteiger partial charge in [0.2, 0.25) is 0 Å². The van der Waals surface area contributed by atoms with Crippen LogP contribution in [0.3, 0.4) is 0 Å². The van der Waals surface area contributed by atoms with Crippen LogP contribution in [0.2, 0.25) is 0 Å². The molecular weight excluding hydrogens is 188 g/mol. The van der Waals surface area contributed by atoms with Gasteiger partial charge in [-0.1, -0.05) is 19.4 Å². The predicted molar refractivity (Wildman–Crippen MR) is 60.2 cm³/mol. The Hall–Kier alpha value is -1.09. The Kier molecular flexibility index (Phi) is 2.65. The van der Waals surface area contributed by atoms with Crippen molar-refractivity contribution < 1.29 is 5.11 Å². The quantitative estimate of drug-likeness (QED) is 0.778. The monoisotopic (exact) mass is 206 g/mol. The molecule has 0 aromatic carbocycles. The smallest absolute Gasteiger partial charge is 0.129 e. The van der Waals surface area contributed by atoms with Gasteiger partial charge in [0.1, 0.15) is 5.82 Å². The second kappa shape index (κ2) is 3.81. The van der Waals surface area contributed by atoms with Gasteiger partial charge in [-0.2, -0.15) is 0 Å². The number of aromatic nitrogens is 1. The number of nitrogens with two attached hydrogens (primary N) is 1. The highest BCUT2D eigenvalue weighted by molar-refractivity contribution is 5.43. The maximum atomic E-state index is 10.5. The molecule has 0 radical (unpaired) electrons. The van der Waals surface area contributed by atoms with E-state index in [-0.39, 0.29) is 0 Å². The topological polar surface area (TPSA) is 59.1 Å². The summed E-state index contributed by atoms with van der Waals surface area (Å²) in [5, 5.41) is 10.5. The van der Waals surface area contributed by atoms with Gasteiger partial charge in [0.05, 0.1) is 5.60 Å². The van der Waals surface area contributed by atoms with Crippen molar-refractivity contribution >= 4 is 5.82 Å². The van der Waals surface area contributed by atoms with Crippen LogP contribution in [0.4, 0.5) is 5.82 Å². The number of hydrogen-bond donors (Lipinski definition) is 2. The minimum absolute atomic E-state index is 0.469. The van der Waals surface area contributed by atoms with Crippen LogP contribution < -0.4 is 5.73 Å². The van der Waals surface area contributed by atoms with Crippen LogP contribution in [-0.2, 0) is 5.60 Å². The molecule has 1 heterocycles. The van der Waals surface area contributed by atoms with E-state index < -0.39 is 5.60 Å². The number of aliphatic hydroxyl groups is 1. The molecule has 1 fully saturated rings. The fourth-order valence-electron chi connectivity index (χ4n) is 2.53. The third-order valence-electron chi connectivity index (χ3n) is 3.51. The summed E-state index contributed by atoms with van der Waals surface area (Å²) in [6.45, 7) is 2.17. The summed E-state index contributed by atoms with van der Waals surface area (Å²) in [7, 11) is 0. The van der Waals surface area contributed by atoms with E-state index in [4.69, 9.17) is 5.73 Å². The number of nitrogens with zero attached hydrogens (tertiary/aromatic N) is 1. The summed E-state index contributed by atoms with van der Waals surface area (Å²) in [4.78, 5) is 4.04. The average Bonchev–Trinajstić information content (AvgIpc) is 2.62. The molecule has 1 aromatic rings.